The summed E-state index contributed by atoms with van der Waals surface area (Å²) in [6.07, 6.45) is -4.35. The van der Waals surface area contributed by atoms with Crippen molar-refractivity contribution < 1.29 is 21.6 Å². The fourth-order valence-electron chi connectivity index (χ4n) is 1.33. The van der Waals surface area contributed by atoms with E-state index in [2.05, 4.69) is 4.72 Å². The van der Waals surface area contributed by atoms with E-state index in [0.29, 0.717) is 18.9 Å². The predicted molar refractivity (Wildman–Crippen MR) is 64.5 cm³/mol. The highest BCUT2D eigenvalue weighted by atomic mass is 32.2. The lowest BCUT2D eigenvalue weighted by atomic mass is 10.1. The highest BCUT2D eigenvalue weighted by Crippen LogP contribution is 2.21. The second-order valence-corrected chi connectivity index (χ2v) is 6.34. The summed E-state index contributed by atoms with van der Waals surface area (Å²) in [4.78, 5) is 0. The largest absolute Gasteiger partial charge is 0.389 e. The van der Waals surface area contributed by atoms with Crippen LogP contribution in [-0.4, -0.2) is 33.4 Å². The van der Waals surface area contributed by atoms with Crippen LogP contribution in [0, 0.1) is 5.92 Å². The Balaban J connectivity index is 3.75. The van der Waals surface area contributed by atoms with Crippen molar-refractivity contribution in [1.29, 1.82) is 0 Å². The maximum absolute atomic E-state index is 11.8. The topological polar surface area (TPSA) is 72.2 Å². The standard InChI is InChI=1S/C10H21F3N2O2S/c1-9(8-14)4-2-6-15-18(16,17)7-3-5-10(11,12)13/h9,15H,2-8,14H2,1H3. The number of alkyl halides is 3. The Morgan fingerprint density at radius 1 is 1.28 bits per heavy atom. The Morgan fingerprint density at radius 2 is 1.89 bits per heavy atom. The quantitative estimate of drug-likeness (QED) is 0.634. The third-order valence-corrected chi connectivity index (χ3v) is 3.94. The second kappa shape index (κ2) is 7.96. The third kappa shape index (κ3) is 10.8. The van der Waals surface area contributed by atoms with Gasteiger partial charge in [0.1, 0.15) is 0 Å². The minimum absolute atomic E-state index is 0.249. The molecular weight excluding hydrogens is 269 g/mol. The van der Waals surface area contributed by atoms with Gasteiger partial charge in [-0.05, 0) is 31.7 Å². The maximum Gasteiger partial charge on any atom is 0.389 e. The van der Waals surface area contributed by atoms with E-state index in [-0.39, 0.29) is 6.54 Å². The van der Waals surface area contributed by atoms with Crippen molar-refractivity contribution >= 4 is 10.0 Å². The molecule has 0 heterocycles. The monoisotopic (exact) mass is 290 g/mol. The molecule has 1 atom stereocenters. The molecule has 8 heteroatoms. The zero-order valence-electron chi connectivity index (χ0n) is 10.5. The molecule has 0 saturated heterocycles. The van der Waals surface area contributed by atoms with Crippen LogP contribution in [0.4, 0.5) is 13.2 Å². The number of nitrogens with one attached hydrogen (secondary N) is 1. The SMILES string of the molecule is CC(CN)CCCNS(=O)(=O)CCCC(F)(F)F. The van der Waals surface area contributed by atoms with Crippen LogP contribution in [0.25, 0.3) is 0 Å². The van der Waals surface area contributed by atoms with E-state index in [4.69, 9.17) is 5.73 Å². The number of nitrogens with two attached hydrogens (primary N) is 1. The van der Waals surface area contributed by atoms with E-state index in [1.54, 1.807) is 0 Å². The van der Waals surface area contributed by atoms with Gasteiger partial charge in [0.15, 0.2) is 0 Å². The number of sulfonamides is 1. The maximum atomic E-state index is 11.8. The van der Waals surface area contributed by atoms with Gasteiger partial charge in [0.05, 0.1) is 5.75 Å². The lowest BCUT2D eigenvalue weighted by Gasteiger charge is -2.10. The first-order valence-corrected chi connectivity index (χ1v) is 7.55. The highest BCUT2D eigenvalue weighted by Gasteiger charge is 2.27. The summed E-state index contributed by atoms with van der Waals surface area (Å²) in [6, 6.07) is 0. The van der Waals surface area contributed by atoms with Crippen LogP contribution in [0.1, 0.15) is 32.6 Å². The Labute approximate surface area is 106 Å². The lowest BCUT2D eigenvalue weighted by Crippen LogP contribution is -2.28. The zero-order valence-corrected chi connectivity index (χ0v) is 11.3. The van der Waals surface area contributed by atoms with E-state index >= 15 is 0 Å². The van der Waals surface area contributed by atoms with Gasteiger partial charge in [-0.2, -0.15) is 13.2 Å². The van der Waals surface area contributed by atoms with Crippen molar-refractivity contribution in [2.24, 2.45) is 11.7 Å². The Hall–Kier alpha value is -0.340. The van der Waals surface area contributed by atoms with Gasteiger partial charge in [-0.3, -0.25) is 0 Å². The molecule has 110 valence electrons. The normalized spacial score (nSPS) is 14.7. The summed E-state index contributed by atoms with van der Waals surface area (Å²) < 4.78 is 60.5. The smallest absolute Gasteiger partial charge is 0.330 e. The van der Waals surface area contributed by atoms with Gasteiger partial charge in [0.25, 0.3) is 0 Å². The van der Waals surface area contributed by atoms with Gasteiger partial charge >= 0.3 is 6.18 Å². The van der Waals surface area contributed by atoms with Gasteiger partial charge in [-0.15, -0.1) is 0 Å². The van der Waals surface area contributed by atoms with Crippen LogP contribution >= 0.6 is 0 Å². The predicted octanol–water partition coefficient (Wildman–Crippen LogP) is 1.62. The van der Waals surface area contributed by atoms with E-state index in [0.717, 1.165) is 6.42 Å². The number of hydrogen-bond donors (Lipinski definition) is 2. The Bertz CT molecular complexity index is 318. The number of hydrogen-bond acceptors (Lipinski definition) is 3. The minimum Gasteiger partial charge on any atom is -0.330 e. The summed E-state index contributed by atoms with van der Waals surface area (Å²) in [5.74, 6) is -0.168. The molecule has 0 radical (unpaired) electrons. The number of halogens is 3. The molecule has 0 aromatic rings. The summed E-state index contributed by atoms with van der Waals surface area (Å²) in [7, 11) is -3.59. The molecule has 0 aromatic heterocycles. The van der Waals surface area contributed by atoms with Crippen molar-refractivity contribution in [3.63, 3.8) is 0 Å². The van der Waals surface area contributed by atoms with Crippen molar-refractivity contribution in [2.45, 2.75) is 38.8 Å². The molecule has 0 aliphatic carbocycles. The molecule has 0 amide bonds. The van der Waals surface area contributed by atoms with E-state index in [1.165, 1.54) is 0 Å². The molecule has 18 heavy (non-hydrogen) atoms. The van der Waals surface area contributed by atoms with Crippen LogP contribution in [0.5, 0.6) is 0 Å². The van der Waals surface area contributed by atoms with Crippen molar-refractivity contribution in [3.05, 3.63) is 0 Å². The van der Waals surface area contributed by atoms with E-state index < -0.39 is 34.8 Å². The summed E-state index contributed by atoms with van der Waals surface area (Å²) in [6.45, 7) is 2.74. The molecule has 0 aromatic carbocycles. The van der Waals surface area contributed by atoms with Gasteiger partial charge in [0, 0.05) is 13.0 Å². The Morgan fingerprint density at radius 3 is 2.39 bits per heavy atom. The van der Waals surface area contributed by atoms with Crippen LogP contribution in [0.15, 0.2) is 0 Å². The second-order valence-electron chi connectivity index (χ2n) is 4.42. The molecule has 0 bridgehead atoms. The molecule has 0 aliphatic rings. The first-order chi connectivity index (χ1) is 8.16. The van der Waals surface area contributed by atoms with Crippen LogP contribution in [0.3, 0.4) is 0 Å². The van der Waals surface area contributed by atoms with E-state index in [1.807, 2.05) is 6.92 Å². The molecule has 0 spiro atoms. The van der Waals surface area contributed by atoms with E-state index in [9.17, 15) is 21.6 Å². The Kier molecular flexibility index (Phi) is 7.81. The first-order valence-electron chi connectivity index (χ1n) is 5.90. The average Bonchev–Trinajstić information content (AvgIpc) is 2.21. The van der Waals surface area contributed by atoms with Crippen LogP contribution < -0.4 is 10.5 Å². The minimum atomic E-state index is -4.30. The summed E-state index contributed by atoms with van der Waals surface area (Å²) in [5.41, 5.74) is 5.40. The molecule has 0 rings (SSSR count). The first kappa shape index (κ1) is 17.7. The molecule has 1 unspecified atom stereocenters. The molecule has 0 saturated carbocycles. The van der Waals surface area contributed by atoms with Gasteiger partial charge in [0.2, 0.25) is 10.0 Å². The third-order valence-electron chi connectivity index (χ3n) is 2.47. The molecule has 3 N–H and O–H groups in total. The average molecular weight is 290 g/mol. The fourth-order valence-corrected chi connectivity index (χ4v) is 2.45. The zero-order chi connectivity index (χ0) is 14.2. The van der Waals surface area contributed by atoms with Crippen molar-refractivity contribution in [2.75, 3.05) is 18.8 Å². The van der Waals surface area contributed by atoms with Gasteiger partial charge in [-0.25, -0.2) is 13.1 Å². The summed E-state index contributed by atoms with van der Waals surface area (Å²) >= 11 is 0. The van der Waals surface area contributed by atoms with Crippen LogP contribution in [-0.2, 0) is 10.0 Å². The van der Waals surface area contributed by atoms with Gasteiger partial charge < -0.3 is 5.73 Å². The highest BCUT2D eigenvalue weighted by molar-refractivity contribution is 7.89. The summed E-state index contributed by atoms with van der Waals surface area (Å²) in [5, 5.41) is 0. The lowest BCUT2D eigenvalue weighted by molar-refractivity contribution is -0.134. The van der Waals surface area contributed by atoms with Gasteiger partial charge in [-0.1, -0.05) is 6.92 Å². The molecule has 0 fully saturated rings. The fraction of sp³-hybridized carbons (Fsp3) is 1.00. The molecular formula is C10H21F3N2O2S. The number of rotatable bonds is 9. The van der Waals surface area contributed by atoms with Crippen molar-refractivity contribution in [1.82, 2.24) is 4.72 Å². The molecule has 4 nitrogen and oxygen atoms in total. The molecule has 0 aliphatic heterocycles. The van der Waals surface area contributed by atoms with Crippen molar-refractivity contribution in [3.8, 4) is 0 Å². The van der Waals surface area contributed by atoms with Crippen LogP contribution in [0.2, 0.25) is 0 Å².